The lowest BCUT2D eigenvalue weighted by Gasteiger charge is -2.19. The number of rotatable bonds is 7. The van der Waals surface area contributed by atoms with Crippen LogP contribution in [0.2, 0.25) is 0 Å². The molecule has 1 aromatic carbocycles. The predicted octanol–water partition coefficient (Wildman–Crippen LogP) is 1.74. The highest BCUT2D eigenvalue weighted by molar-refractivity contribution is 7.89. The molecule has 0 bridgehead atoms. The molecule has 0 saturated carbocycles. The van der Waals surface area contributed by atoms with Crippen molar-refractivity contribution >= 4 is 21.4 Å². The van der Waals surface area contributed by atoms with Crippen molar-refractivity contribution in [1.82, 2.24) is 4.72 Å². The molecule has 0 saturated heterocycles. The van der Waals surface area contributed by atoms with Crippen LogP contribution in [0, 0.1) is 10.1 Å². The lowest BCUT2D eigenvalue weighted by Crippen LogP contribution is -2.21. The van der Waals surface area contributed by atoms with Gasteiger partial charge in [0.15, 0.2) is 0 Å². The molecule has 0 heterocycles. The van der Waals surface area contributed by atoms with Crippen LogP contribution in [0.1, 0.15) is 19.8 Å². The van der Waals surface area contributed by atoms with Crippen LogP contribution in [0.3, 0.4) is 0 Å². The fourth-order valence-corrected chi connectivity index (χ4v) is 2.52. The summed E-state index contributed by atoms with van der Waals surface area (Å²) >= 11 is 0. The third-order valence-corrected chi connectivity index (χ3v) is 4.39. The zero-order valence-electron chi connectivity index (χ0n) is 11.8. The molecular formula is C12H19N3O4S. The second kappa shape index (κ2) is 6.67. The summed E-state index contributed by atoms with van der Waals surface area (Å²) in [6, 6.07) is 3.93. The highest BCUT2D eigenvalue weighted by Gasteiger charge is 2.22. The molecule has 8 heteroatoms. The summed E-state index contributed by atoms with van der Waals surface area (Å²) in [6.45, 7) is 2.71. The van der Waals surface area contributed by atoms with E-state index in [4.69, 9.17) is 0 Å². The molecule has 0 fully saturated rings. The Bertz CT molecular complexity index is 586. The van der Waals surface area contributed by atoms with Gasteiger partial charge in [-0.3, -0.25) is 10.1 Å². The fraction of sp³-hybridized carbons (Fsp3) is 0.500. The van der Waals surface area contributed by atoms with Crippen molar-refractivity contribution in [2.45, 2.75) is 24.7 Å². The predicted molar refractivity (Wildman–Crippen MR) is 77.5 cm³/mol. The molecule has 112 valence electrons. The zero-order chi connectivity index (χ0) is 15.3. The number of nitrogens with one attached hydrogen (secondary N) is 1. The molecule has 1 rings (SSSR count). The Morgan fingerprint density at radius 1 is 1.40 bits per heavy atom. The molecule has 0 atom stereocenters. The quantitative estimate of drug-likeness (QED) is 0.611. The van der Waals surface area contributed by atoms with Gasteiger partial charge in [0.25, 0.3) is 5.69 Å². The van der Waals surface area contributed by atoms with Gasteiger partial charge in [0.2, 0.25) is 10.0 Å². The maximum Gasteiger partial charge on any atom is 0.293 e. The van der Waals surface area contributed by atoms with Crippen molar-refractivity contribution in [3.8, 4) is 0 Å². The molecule has 0 aliphatic rings. The summed E-state index contributed by atoms with van der Waals surface area (Å²) < 4.78 is 25.5. The van der Waals surface area contributed by atoms with E-state index in [0.717, 1.165) is 18.9 Å². The van der Waals surface area contributed by atoms with E-state index in [-0.39, 0.29) is 10.6 Å². The van der Waals surface area contributed by atoms with Gasteiger partial charge in [-0.1, -0.05) is 13.3 Å². The number of nitro groups is 1. The highest BCUT2D eigenvalue weighted by Crippen LogP contribution is 2.30. The number of nitro benzene ring substituents is 1. The largest absolute Gasteiger partial charge is 0.369 e. The first-order valence-electron chi connectivity index (χ1n) is 6.26. The molecule has 0 aromatic heterocycles. The van der Waals surface area contributed by atoms with Crippen LogP contribution in [-0.2, 0) is 10.0 Å². The number of sulfonamides is 1. The van der Waals surface area contributed by atoms with E-state index in [9.17, 15) is 18.5 Å². The van der Waals surface area contributed by atoms with Gasteiger partial charge in [0.1, 0.15) is 5.69 Å². The fourth-order valence-electron chi connectivity index (χ4n) is 1.77. The summed E-state index contributed by atoms with van der Waals surface area (Å²) in [5, 5.41) is 11.1. The van der Waals surface area contributed by atoms with E-state index in [1.807, 2.05) is 6.92 Å². The van der Waals surface area contributed by atoms with Gasteiger partial charge in [0, 0.05) is 19.7 Å². The number of anilines is 1. The van der Waals surface area contributed by atoms with E-state index in [1.54, 1.807) is 11.9 Å². The van der Waals surface area contributed by atoms with Crippen molar-refractivity contribution < 1.29 is 13.3 Å². The lowest BCUT2D eigenvalue weighted by molar-refractivity contribution is -0.384. The number of benzene rings is 1. The summed E-state index contributed by atoms with van der Waals surface area (Å²) in [5.41, 5.74) is 0.207. The topological polar surface area (TPSA) is 92.6 Å². The van der Waals surface area contributed by atoms with Gasteiger partial charge in [-0.15, -0.1) is 0 Å². The monoisotopic (exact) mass is 301 g/mol. The first kappa shape index (κ1) is 16.4. The van der Waals surface area contributed by atoms with Crippen LogP contribution in [0.4, 0.5) is 11.4 Å². The summed E-state index contributed by atoms with van der Waals surface area (Å²) in [5.74, 6) is 0. The summed E-state index contributed by atoms with van der Waals surface area (Å²) in [7, 11) is -0.666. The van der Waals surface area contributed by atoms with Gasteiger partial charge in [-0.05, 0) is 25.6 Å². The van der Waals surface area contributed by atoms with Crippen molar-refractivity contribution in [3.05, 3.63) is 28.3 Å². The van der Waals surface area contributed by atoms with Crippen LogP contribution in [0.25, 0.3) is 0 Å². The van der Waals surface area contributed by atoms with E-state index in [1.165, 1.54) is 19.2 Å². The van der Waals surface area contributed by atoms with Crippen LogP contribution >= 0.6 is 0 Å². The van der Waals surface area contributed by atoms with Crippen molar-refractivity contribution in [2.75, 3.05) is 25.5 Å². The molecule has 7 nitrogen and oxygen atoms in total. The molecule has 1 aromatic rings. The molecular weight excluding hydrogens is 282 g/mol. The average Bonchev–Trinajstić information content (AvgIpc) is 2.43. The first-order valence-corrected chi connectivity index (χ1v) is 7.75. The summed E-state index contributed by atoms with van der Waals surface area (Å²) in [6.07, 6.45) is 1.88. The Labute approximate surface area is 118 Å². The minimum absolute atomic E-state index is 0.112. The third kappa shape index (κ3) is 3.67. The minimum Gasteiger partial charge on any atom is -0.369 e. The van der Waals surface area contributed by atoms with E-state index < -0.39 is 14.9 Å². The average molecular weight is 301 g/mol. The Morgan fingerprint density at radius 2 is 2.05 bits per heavy atom. The number of nitrogens with zero attached hydrogens (tertiary/aromatic N) is 2. The second-order valence-electron chi connectivity index (χ2n) is 4.39. The molecule has 0 aliphatic heterocycles. The van der Waals surface area contributed by atoms with Gasteiger partial charge < -0.3 is 4.90 Å². The zero-order valence-corrected chi connectivity index (χ0v) is 12.6. The number of hydrogen-bond donors (Lipinski definition) is 1. The van der Waals surface area contributed by atoms with Crippen LogP contribution in [-0.4, -0.2) is 34.0 Å². The van der Waals surface area contributed by atoms with Crippen molar-refractivity contribution in [1.29, 1.82) is 0 Å². The Balaban J connectivity index is 3.25. The standard InChI is InChI=1S/C12H19N3O4S/c1-4-5-8-14(3)11-7-6-10(20(18,19)13-2)9-12(11)15(16)17/h6-7,9,13H,4-5,8H2,1-3H3. The van der Waals surface area contributed by atoms with Crippen LogP contribution < -0.4 is 9.62 Å². The Hall–Kier alpha value is -1.67. The SMILES string of the molecule is CCCCN(C)c1ccc(S(=O)(=O)NC)cc1[N+](=O)[O-]. The second-order valence-corrected chi connectivity index (χ2v) is 6.28. The van der Waals surface area contributed by atoms with E-state index in [2.05, 4.69) is 4.72 Å². The highest BCUT2D eigenvalue weighted by atomic mass is 32.2. The van der Waals surface area contributed by atoms with Crippen molar-refractivity contribution in [3.63, 3.8) is 0 Å². The van der Waals surface area contributed by atoms with Gasteiger partial charge in [-0.25, -0.2) is 13.1 Å². The van der Waals surface area contributed by atoms with Crippen molar-refractivity contribution in [2.24, 2.45) is 0 Å². The number of unbranched alkanes of at least 4 members (excludes halogenated alkanes) is 1. The first-order chi connectivity index (χ1) is 9.33. The lowest BCUT2D eigenvalue weighted by atomic mass is 10.2. The molecule has 0 aliphatic carbocycles. The normalized spacial score (nSPS) is 11.3. The maximum atomic E-state index is 11.7. The maximum absolute atomic E-state index is 11.7. The Kier molecular flexibility index (Phi) is 5.46. The van der Waals surface area contributed by atoms with Crippen LogP contribution in [0.5, 0.6) is 0 Å². The number of hydrogen-bond acceptors (Lipinski definition) is 5. The van der Waals surface area contributed by atoms with E-state index >= 15 is 0 Å². The van der Waals surface area contributed by atoms with Crippen LogP contribution in [0.15, 0.2) is 23.1 Å². The smallest absolute Gasteiger partial charge is 0.293 e. The minimum atomic E-state index is -3.69. The third-order valence-electron chi connectivity index (χ3n) is 2.98. The molecule has 0 amide bonds. The van der Waals surface area contributed by atoms with Gasteiger partial charge in [0.05, 0.1) is 9.82 Å². The molecule has 0 spiro atoms. The van der Waals surface area contributed by atoms with Gasteiger partial charge in [-0.2, -0.15) is 0 Å². The van der Waals surface area contributed by atoms with Gasteiger partial charge >= 0.3 is 0 Å². The molecule has 20 heavy (non-hydrogen) atoms. The summed E-state index contributed by atoms with van der Waals surface area (Å²) in [4.78, 5) is 12.2. The van der Waals surface area contributed by atoms with E-state index in [0.29, 0.717) is 12.2 Å². The molecule has 0 unspecified atom stereocenters. The molecule has 0 radical (unpaired) electrons. The Morgan fingerprint density at radius 3 is 2.55 bits per heavy atom. The molecule has 1 N–H and O–H groups in total.